The normalized spacial score (nSPS) is 18.0. The van der Waals surface area contributed by atoms with Gasteiger partial charge in [0.15, 0.2) is 0 Å². The monoisotopic (exact) mass is 223 g/mol. The van der Waals surface area contributed by atoms with Gasteiger partial charge in [0.2, 0.25) is 5.91 Å². The van der Waals surface area contributed by atoms with Gasteiger partial charge in [-0.25, -0.2) is 0 Å². The summed E-state index contributed by atoms with van der Waals surface area (Å²) in [6.45, 7) is 4.45. The highest BCUT2D eigenvalue weighted by atomic mass is 16.1. The quantitative estimate of drug-likeness (QED) is 0.714. The minimum Gasteiger partial charge on any atom is -0.353 e. The van der Waals surface area contributed by atoms with Crippen molar-refractivity contribution in [3.8, 4) is 6.07 Å². The number of hydrogen-bond donors (Lipinski definition) is 1. The van der Waals surface area contributed by atoms with Gasteiger partial charge in [-0.05, 0) is 19.3 Å². The zero-order valence-electron chi connectivity index (χ0n) is 10.0. The fraction of sp³-hybridized carbons (Fsp3) is 0.833. The Bertz CT molecular complexity index is 251. The largest absolute Gasteiger partial charge is 0.353 e. The molecule has 0 aliphatic carbocycles. The van der Waals surface area contributed by atoms with Crippen molar-refractivity contribution in [2.24, 2.45) is 0 Å². The maximum atomic E-state index is 11.5. The van der Waals surface area contributed by atoms with Crippen molar-refractivity contribution in [1.29, 1.82) is 5.26 Å². The van der Waals surface area contributed by atoms with E-state index in [1.54, 1.807) is 0 Å². The minimum absolute atomic E-state index is 0.181. The van der Waals surface area contributed by atoms with E-state index in [1.165, 1.54) is 0 Å². The Morgan fingerprint density at radius 1 is 1.50 bits per heavy atom. The Balaban J connectivity index is 2.17. The molecule has 0 unspecified atom stereocenters. The predicted molar refractivity (Wildman–Crippen MR) is 62.7 cm³/mol. The molecule has 1 heterocycles. The molecule has 1 fully saturated rings. The average Bonchev–Trinajstić information content (AvgIpc) is 2.29. The third-order valence-electron chi connectivity index (χ3n) is 3.00. The zero-order chi connectivity index (χ0) is 11.8. The first-order chi connectivity index (χ1) is 7.76. The first kappa shape index (κ1) is 13.0. The van der Waals surface area contributed by atoms with Crippen LogP contribution in [-0.4, -0.2) is 36.5 Å². The van der Waals surface area contributed by atoms with E-state index < -0.39 is 0 Å². The van der Waals surface area contributed by atoms with Crippen LogP contribution in [0.3, 0.4) is 0 Å². The number of nitrogens with zero attached hydrogens (tertiary/aromatic N) is 2. The summed E-state index contributed by atoms with van der Waals surface area (Å²) in [4.78, 5) is 13.6. The van der Waals surface area contributed by atoms with Crippen molar-refractivity contribution in [1.82, 2.24) is 10.2 Å². The van der Waals surface area contributed by atoms with Crippen LogP contribution in [0, 0.1) is 11.3 Å². The lowest BCUT2D eigenvalue weighted by molar-refractivity contribution is -0.122. The van der Waals surface area contributed by atoms with Gasteiger partial charge >= 0.3 is 0 Å². The number of carbonyl (C=O) groups excluding carboxylic acids is 1. The summed E-state index contributed by atoms with van der Waals surface area (Å²) in [5.41, 5.74) is 0. The van der Waals surface area contributed by atoms with Crippen molar-refractivity contribution in [3.63, 3.8) is 0 Å². The fourth-order valence-electron chi connectivity index (χ4n) is 1.97. The Kier molecular flexibility index (Phi) is 5.87. The van der Waals surface area contributed by atoms with Crippen LogP contribution < -0.4 is 5.32 Å². The third kappa shape index (κ3) is 4.63. The molecule has 1 aliphatic heterocycles. The Morgan fingerprint density at radius 2 is 2.19 bits per heavy atom. The summed E-state index contributed by atoms with van der Waals surface area (Å²) in [6.07, 6.45) is 4.63. The van der Waals surface area contributed by atoms with Gasteiger partial charge in [0.1, 0.15) is 0 Å². The van der Waals surface area contributed by atoms with Crippen molar-refractivity contribution in [2.75, 3.05) is 19.6 Å². The smallest absolute Gasteiger partial charge is 0.220 e. The molecule has 0 atom stereocenters. The maximum Gasteiger partial charge on any atom is 0.220 e. The van der Waals surface area contributed by atoms with E-state index in [-0.39, 0.29) is 5.91 Å². The molecule has 1 N–H and O–H groups in total. The lowest BCUT2D eigenvalue weighted by atomic mass is 10.0. The summed E-state index contributed by atoms with van der Waals surface area (Å²) in [7, 11) is 0. The second-order valence-electron chi connectivity index (χ2n) is 4.38. The van der Waals surface area contributed by atoms with Crippen LogP contribution in [0.15, 0.2) is 0 Å². The van der Waals surface area contributed by atoms with E-state index in [0.29, 0.717) is 19.0 Å². The van der Waals surface area contributed by atoms with Crippen LogP contribution in [-0.2, 0) is 4.79 Å². The summed E-state index contributed by atoms with van der Waals surface area (Å²) < 4.78 is 0. The first-order valence-corrected chi connectivity index (χ1v) is 6.15. The molecule has 1 saturated heterocycles. The summed E-state index contributed by atoms with van der Waals surface area (Å²) in [5, 5.41) is 11.6. The maximum absolute atomic E-state index is 11.5. The number of hydrogen-bond acceptors (Lipinski definition) is 3. The second-order valence-corrected chi connectivity index (χ2v) is 4.38. The molecule has 16 heavy (non-hydrogen) atoms. The van der Waals surface area contributed by atoms with Gasteiger partial charge in [-0.15, -0.1) is 0 Å². The van der Waals surface area contributed by atoms with Crippen molar-refractivity contribution in [2.45, 2.75) is 45.1 Å². The summed E-state index contributed by atoms with van der Waals surface area (Å²) in [6, 6.07) is 2.48. The topological polar surface area (TPSA) is 56.1 Å². The lowest BCUT2D eigenvalue weighted by Gasteiger charge is -2.30. The Morgan fingerprint density at radius 3 is 2.75 bits per heavy atom. The number of likely N-dealkylation sites (tertiary alicyclic amines) is 1. The number of piperidine rings is 1. The first-order valence-electron chi connectivity index (χ1n) is 6.15. The van der Waals surface area contributed by atoms with Crippen molar-refractivity contribution >= 4 is 5.91 Å². The van der Waals surface area contributed by atoms with E-state index in [1.807, 2.05) is 0 Å². The molecule has 4 heteroatoms. The highest BCUT2D eigenvalue weighted by molar-refractivity contribution is 5.76. The number of unbranched alkanes of at least 4 members (excludes halogenated alkanes) is 1. The van der Waals surface area contributed by atoms with Crippen LogP contribution in [0.25, 0.3) is 0 Å². The van der Waals surface area contributed by atoms with E-state index in [4.69, 9.17) is 5.26 Å². The third-order valence-corrected chi connectivity index (χ3v) is 3.00. The van der Waals surface area contributed by atoms with Crippen molar-refractivity contribution in [3.05, 3.63) is 0 Å². The van der Waals surface area contributed by atoms with Gasteiger partial charge in [-0.3, -0.25) is 9.69 Å². The minimum atomic E-state index is 0.181. The van der Waals surface area contributed by atoms with Crippen LogP contribution >= 0.6 is 0 Å². The molecule has 0 aromatic carbocycles. The Labute approximate surface area is 97.6 Å². The van der Waals surface area contributed by atoms with Gasteiger partial charge < -0.3 is 5.32 Å². The summed E-state index contributed by atoms with van der Waals surface area (Å²) in [5.74, 6) is 0.181. The summed E-state index contributed by atoms with van der Waals surface area (Å²) >= 11 is 0. The molecular weight excluding hydrogens is 202 g/mol. The molecule has 0 aromatic heterocycles. The molecule has 90 valence electrons. The Hall–Kier alpha value is -1.08. The highest BCUT2D eigenvalue weighted by Crippen LogP contribution is 2.10. The van der Waals surface area contributed by atoms with E-state index in [0.717, 1.165) is 38.8 Å². The van der Waals surface area contributed by atoms with Crippen LogP contribution in [0.5, 0.6) is 0 Å². The van der Waals surface area contributed by atoms with Crippen LogP contribution in [0.2, 0.25) is 0 Å². The number of carbonyl (C=O) groups is 1. The van der Waals surface area contributed by atoms with E-state index >= 15 is 0 Å². The van der Waals surface area contributed by atoms with Gasteiger partial charge in [-0.2, -0.15) is 5.26 Å². The van der Waals surface area contributed by atoms with Crippen LogP contribution in [0.1, 0.15) is 39.0 Å². The predicted octanol–water partition coefficient (Wildman–Crippen LogP) is 1.28. The molecule has 0 spiro atoms. The second kappa shape index (κ2) is 7.24. The average molecular weight is 223 g/mol. The molecule has 4 nitrogen and oxygen atoms in total. The molecule has 0 radical (unpaired) electrons. The van der Waals surface area contributed by atoms with Gasteiger partial charge in [-0.1, -0.05) is 13.3 Å². The number of rotatable bonds is 5. The molecule has 1 aliphatic rings. The highest BCUT2D eigenvalue weighted by Gasteiger charge is 2.19. The van der Waals surface area contributed by atoms with Gasteiger partial charge in [0.25, 0.3) is 0 Å². The van der Waals surface area contributed by atoms with Gasteiger partial charge in [0.05, 0.1) is 12.6 Å². The molecule has 0 saturated carbocycles. The number of nitriles is 1. The van der Waals surface area contributed by atoms with E-state index in [2.05, 4.69) is 23.2 Å². The molecule has 0 aromatic rings. The zero-order valence-corrected chi connectivity index (χ0v) is 10.0. The SMILES string of the molecule is CCCCC(=O)NC1CCN(CC#N)CC1. The van der Waals surface area contributed by atoms with Gasteiger partial charge in [0, 0.05) is 25.6 Å². The molecule has 1 rings (SSSR count). The van der Waals surface area contributed by atoms with Crippen molar-refractivity contribution < 1.29 is 4.79 Å². The number of amides is 1. The van der Waals surface area contributed by atoms with Crippen LogP contribution in [0.4, 0.5) is 0 Å². The molecular formula is C12H21N3O. The lowest BCUT2D eigenvalue weighted by Crippen LogP contribution is -2.44. The van der Waals surface area contributed by atoms with E-state index in [9.17, 15) is 4.79 Å². The molecule has 0 bridgehead atoms. The number of nitrogens with one attached hydrogen (secondary N) is 1. The molecule has 1 amide bonds. The standard InChI is InChI=1S/C12H21N3O/c1-2-3-4-12(16)14-11-5-8-15(9-6-11)10-7-13/h11H,2-6,8-10H2,1H3,(H,14,16). The fourth-order valence-corrected chi connectivity index (χ4v) is 1.97.